The minimum atomic E-state index is 1.19. The van der Waals surface area contributed by atoms with Crippen LogP contribution < -0.4 is 0 Å². The van der Waals surface area contributed by atoms with Gasteiger partial charge in [0.15, 0.2) is 0 Å². The van der Waals surface area contributed by atoms with Gasteiger partial charge in [-0.15, -0.1) is 0 Å². The Morgan fingerprint density at radius 2 is 1.50 bits per heavy atom. The molecule has 3 heteroatoms. The summed E-state index contributed by atoms with van der Waals surface area (Å²) in [7, 11) is 0. The Labute approximate surface area is 177 Å². The molecule has 0 fully saturated rings. The van der Waals surface area contributed by atoms with Crippen molar-refractivity contribution in [2.24, 2.45) is 0 Å². The van der Waals surface area contributed by atoms with Gasteiger partial charge in [0, 0.05) is 49.4 Å². The number of pyridine rings is 1. The van der Waals surface area contributed by atoms with Crippen molar-refractivity contribution in [2.45, 2.75) is 9.79 Å². The van der Waals surface area contributed by atoms with E-state index in [0.717, 1.165) is 0 Å². The number of hydrogen-bond donors (Lipinski definition) is 0. The first kappa shape index (κ1) is 16.3. The Kier molecular flexibility index (Phi) is 3.24. The molecular formula is C27H16N2S. The van der Waals surface area contributed by atoms with Gasteiger partial charge in [-0.3, -0.25) is 4.98 Å². The van der Waals surface area contributed by atoms with Crippen molar-refractivity contribution in [2.75, 3.05) is 0 Å². The fraction of sp³-hybridized carbons (Fsp3) is 0. The molecule has 0 aliphatic carbocycles. The maximum atomic E-state index is 4.37. The zero-order valence-electron chi connectivity index (χ0n) is 16.0. The summed E-state index contributed by atoms with van der Waals surface area (Å²) >= 11 is 1.83. The largest absolute Gasteiger partial charge is 0.309 e. The fourth-order valence-corrected chi connectivity index (χ4v) is 5.98. The Balaban J connectivity index is 1.74. The first-order chi connectivity index (χ1) is 14.9. The number of fused-ring (bicyclic) bond motifs is 6. The lowest BCUT2D eigenvalue weighted by Gasteiger charge is -2.21. The summed E-state index contributed by atoms with van der Waals surface area (Å²) in [6.45, 7) is 0. The van der Waals surface area contributed by atoms with Crippen molar-refractivity contribution < 1.29 is 0 Å². The van der Waals surface area contributed by atoms with Gasteiger partial charge in [0.05, 0.1) is 11.0 Å². The summed E-state index contributed by atoms with van der Waals surface area (Å²) in [4.78, 5) is 6.90. The molecule has 0 unspecified atom stereocenters. The van der Waals surface area contributed by atoms with Crippen molar-refractivity contribution in [3.05, 3.63) is 97.3 Å². The van der Waals surface area contributed by atoms with E-state index < -0.39 is 0 Å². The van der Waals surface area contributed by atoms with Crippen molar-refractivity contribution in [1.82, 2.24) is 9.55 Å². The number of aromatic nitrogens is 2. The van der Waals surface area contributed by atoms with Gasteiger partial charge in [-0.2, -0.15) is 0 Å². The molecule has 6 aromatic rings. The topological polar surface area (TPSA) is 17.8 Å². The summed E-state index contributed by atoms with van der Waals surface area (Å²) in [6.07, 6.45) is 3.88. The molecule has 4 aromatic carbocycles. The average Bonchev–Trinajstić information content (AvgIpc) is 3.14. The highest BCUT2D eigenvalue weighted by molar-refractivity contribution is 7.99. The summed E-state index contributed by atoms with van der Waals surface area (Å²) in [5.74, 6) is 0. The Morgan fingerprint density at radius 3 is 2.43 bits per heavy atom. The molecule has 3 heterocycles. The molecule has 0 N–H and O–H groups in total. The van der Waals surface area contributed by atoms with Crippen molar-refractivity contribution in [3.63, 3.8) is 0 Å². The van der Waals surface area contributed by atoms with Gasteiger partial charge < -0.3 is 4.57 Å². The molecule has 0 spiro atoms. The van der Waals surface area contributed by atoms with Crippen LogP contribution >= 0.6 is 11.8 Å². The molecule has 0 saturated heterocycles. The quantitative estimate of drug-likeness (QED) is 0.284. The fourth-order valence-electron chi connectivity index (χ4n) is 4.85. The number of para-hydroxylation sites is 2. The second-order valence-electron chi connectivity index (χ2n) is 7.66. The summed E-state index contributed by atoms with van der Waals surface area (Å²) in [5.41, 5.74) is 6.28. The van der Waals surface area contributed by atoms with E-state index in [-0.39, 0.29) is 0 Å². The van der Waals surface area contributed by atoms with Crippen LogP contribution in [-0.2, 0) is 0 Å². The molecule has 0 bridgehead atoms. The molecule has 30 heavy (non-hydrogen) atoms. The monoisotopic (exact) mass is 400 g/mol. The lowest BCUT2D eigenvalue weighted by Crippen LogP contribution is -1.97. The molecular weight excluding hydrogens is 384 g/mol. The highest BCUT2D eigenvalue weighted by Gasteiger charge is 2.23. The van der Waals surface area contributed by atoms with E-state index in [4.69, 9.17) is 0 Å². The van der Waals surface area contributed by atoms with Crippen LogP contribution in [0.15, 0.2) is 107 Å². The van der Waals surface area contributed by atoms with Gasteiger partial charge >= 0.3 is 0 Å². The second kappa shape index (κ2) is 5.97. The van der Waals surface area contributed by atoms with Crippen LogP contribution in [0.3, 0.4) is 0 Å². The Hall–Kier alpha value is -3.56. The van der Waals surface area contributed by atoms with Gasteiger partial charge in [-0.25, -0.2) is 0 Å². The van der Waals surface area contributed by atoms with Gasteiger partial charge in [0.1, 0.15) is 0 Å². The van der Waals surface area contributed by atoms with Crippen LogP contribution in [0.2, 0.25) is 0 Å². The highest BCUT2D eigenvalue weighted by Crippen LogP contribution is 2.50. The average molecular weight is 401 g/mol. The van der Waals surface area contributed by atoms with Gasteiger partial charge in [0.2, 0.25) is 0 Å². The van der Waals surface area contributed by atoms with E-state index in [1.165, 1.54) is 59.2 Å². The molecule has 1 aliphatic heterocycles. The van der Waals surface area contributed by atoms with Crippen molar-refractivity contribution in [1.29, 1.82) is 0 Å². The van der Waals surface area contributed by atoms with E-state index in [1.54, 1.807) is 0 Å². The van der Waals surface area contributed by atoms with Crippen LogP contribution in [0.5, 0.6) is 0 Å². The predicted octanol–water partition coefficient (Wildman–Crippen LogP) is 7.46. The van der Waals surface area contributed by atoms with E-state index in [1.807, 2.05) is 24.2 Å². The zero-order chi connectivity index (χ0) is 19.7. The molecule has 1 aliphatic rings. The maximum Gasteiger partial charge on any atom is 0.0620 e. The maximum absolute atomic E-state index is 4.37. The van der Waals surface area contributed by atoms with E-state index >= 15 is 0 Å². The standard InChI is InChI=1S/C27H16N2S/c1-2-7-17(8-3-1)29-23-12-5-4-9-18(23)22-15-24-26-20(10-6-11-21(26)27(22)29)19-13-14-28-16-25(19)30-24/h1-16H. The van der Waals surface area contributed by atoms with E-state index in [9.17, 15) is 0 Å². The van der Waals surface area contributed by atoms with Gasteiger partial charge in [-0.1, -0.05) is 66.4 Å². The number of rotatable bonds is 1. The van der Waals surface area contributed by atoms with Crippen LogP contribution in [0.4, 0.5) is 0 Å². The highest BCUT2D eigenvalue weighted by atomic mass is 32.2. The third-order valence-corrected chi connectivity index (χ3v) is 7.15. The zero-order valence-corrected chi connectivity index (χ0v) is 16.9. The second-order valence-corrected chi connectivity index (χ2v) is 8.74. The predicted molar refractivity (Wildman–Crippen MR) is 126 cm³/mol. The van der Waals surface area contributed by atoms with Crippen molar-refractivity contribution in [3.8, 4) is 16.8 Å². The molecule has 0 atom stereocenters. The van der Waals surface area contributed by atoms with Crippen LogP contribution in [0.1, 0.15) is 0 Å². The molecule has 0 radical (unpaired) electrons. The molecule has 7 rings (SSSR count). The first-order valence-corrected chi connectivity index (χ1v) is 10.9. The van der Waals surface area contributed by atoms with Gasteiger partial charge in [0.25, 0.3) is 0 Å². The summed E-state index contributed by atoms with van der Waals surface area (Å²) in [6, 6.07) is 30.6. The first-order valence-electron chi connectivity index (χ1n) is 10.1. The lowest BCUT2D eigenvalue weighted by atomic mass is 9.96. The molecule has 140 valence electrons. The summed E-state index contributed by atoms with van der Waals surface area (Å²) in [5, 5.41) is 5.23. The van der Waals surface area contributed by atoms with Gasteiger partial charge in [-0.05, 0) is 41.5 Å². The van der Waals surface area contributed by atoms with Crippen molar-refractivity contribution >= 4 is 44.3 Å². The lowest BCUT2D eigenvalue weighted by molar-refractivity contribution is 1.18. The van der Waals surface area contributed by atoms with Crippen LogP contribution in [0.25, 0.3) is 49.4 Å². The Bertz CT molecular complexity index is 1610. The molecule has 0 saturated carbocycles. The van der Waals surface area contributed by atoms with E-state index in [0.29, 0.717) is 0 Å². The van der Waals surface area contributed by atoms with E-state index in [2.05, 4.69) is 94.5 Å². The molecule has 2 nitrogen and oxygen atoms in total. The normalized spacial score (nSPS) is 12.5. The van der Waals surface area contributed by atoms with Crippen LogP contribution in [0, 0.1) is 0 Å². The minimum absolute atomic E-state index is 1.19. The third kappa shape index (κ3) is 2.08. The number of nitrogens with zero attached hydrogens (tertiary/aromatic N) is 2. The third-order valence-electron chi connectivity index (χ3n) is 6.06. The molecule has 2 aromatic heterocycles. The summed E-state index contributed by atoms with van der Waals surface area (Å²) < 4.78 is 2.42. The number of benzene rings is 4. The van der Waals surface area contributed by atoms with Crippen LogP contribution in [-0.4, -0.2) is 9.55 Å². The number of hydrogen-bond acceptors (Lipinski definition) is 2. The minimum Gasteiger partial charge on any atom is -0.309 e. The molecule has 0 amide bonds. The Morgan fingerprint density at radius 1 is 0.667 bits per heavy atom. The smallest absolute Gasteiger partial charge is 0.0620 e. The SMILES string of the molecule is c1ccc(-n2c3ccccc3c3cc4c5c(cccc5c32)-c2ccncc2S4)cc1.